The molecule has 1 N–H and O–H groups in total. The number of esters is 1. The van der Waals surface area contributed by atoms with Crippen LogP contribution in [0.15, 0.2) is 54.6 Å². The maximum atomic E-state index is 11.7. The molecule has 0 bridgehead atoms. The standard InChI is InChI=1S/C21H25NO4/c1-17-9-11-19(12-10-17)25-15-5-8-21(24)26-16-20(23)22-14-13-18-6-3-2-4-7-18/h2-4,6-7,9-12H,5,8,13-16H2,1H3,(H,22,23). The van der Waals surface area contributed by atoms with Crippen molar-refractivity contribution in [2.24, 2.45) is 0 Å². The number of benzene rings is 2. The average Bonchev–Trinajstić information content (AvgIpc) is 2.66. The van der Waals surface area contributed by atoms with Crippen LogP contribution in [0.1, 0.15) is 24.0 Å². The van der Waals surface area contributed by atoms with Gasteiger partial charge in [-0.3, -0.25) is 9.59 Å². The van der Waals surface area contributed by atoms with Crippen molar-refractivity contribution in [1.82, 2.24) is 5.32 Å². The van der Waals surface area contributed by atoms with E-state index >= 15 is 0 Å². The second-order valence-electron chi connectivity index (χ2n) is 6.01. The Kier molecular flexibility index (Phi) is 8.19. The van der Waals surface area contributed by atoms with Gasteiger partial charge in [-0.05, 0) is 37.5 Å². The molecule has 5 nitrogen and oxygen atoms in total. The summed E-state index contributed by atoms with van der Waals surface area (Å²) in [5.74, 6) is 0.0997. The van der Waals surface area contributed by atoms with Crippen LogP contribution in [0.5, 0.6) is 5.75 Å². The molecule has 0 aliphatic rings. The van der Waals surface area contributed by atoms with E-state index in [2.05, 4.69) is 5.32 Å². The van der Waals surface area contributed by atoms with Crippen molar-refractivity contribution in [3.63, 3.8) is 0 Å². The lowest BCUT2D eigenvalue weighted by Gasteiger charge is -2.08. The number of hydrogen-bond donors (Lipinski definition) is 1. The highest BCUT2D eigenvalue weighted by molar-refractivity contribution is 5.80. The fourth-order valence-corrected chi connectivity index (χ4v) is 2.30. The molecule has 0 aliphatic carbocycles. The summed E-state index contributed by atoms with van der Waals surface area (Å²) < 4.78 is 10.5. The summed E-state index contributed by atoms with van der Waals surface area (Å²) >= 11 is 0. The third-order valence-electron chi connectivity index (χ3n) is 3.76. The highest BCUT2D eigenvalue weighted by Gasteiger charge is 2.07. The lowest BCUT2D eigenvalue weighted by atomic mass is 10.1. The Morgan fingerprint density at radius 3 is 2.46 bits per heavy atom. The summed E-state index contributed by atoms with van der Waals surface area (Å²) in [6.07, 6.45) is 1.52. The SMILES string of the molecule is Cc1ccc(OCCCC(=O)OCC(=O)NCCc2ccccc2)cc1. The number of aryl methyl sites for hydroxylation is 1. The molecule has 0 radical (unpaired) electrons. The van der Waals surface area contributed by atoms with Crippen molar-refractivity contribution in [2.45, 2.75) is 26.2 Å². The molecule has 2 aromatic rings. The van der Waals surface area contributed by atoms with Gasteiger partial charge in [0.2, 0.25) is 0 Å². The quantitative estimate of drug-likeness (QED) is 0.525. The number of carbonyl (C=O) groups excluding carboxylic acids is 2. The van der Waals surface area contributed by atoms with Crippen LogP contribution in [0, 0.1) is 6.92 Å². The van der Waals surface area contributed by atoms with Crippen LogP contribution in [-0.2, 0) is 20.7 Å². The van der Waals surface area contributed by atoms with E-state index in [0.717, 1.165) is 17.7 Å². The molecule has 0 atom stereocenters. The molecule has 5 heteroatoms. The largest absolute Gasteiger partial charge is 0.494 e. The maximum Gasteiger partial charge on any atom is 0.306 e. The van der Waals surface area contributed by atoms with Crippen molar-refractivity contribution in [1.29, 1.82) is 0 Å². The molecule has 0 saturated carbocycles. The zero-order valence-electron chi connectivity index (χ0n) is 15.1. The van der Waals surface area contributed by atoms with E-state index in [-0.39, 0.29) is 18.9 Å². The predicted molar refractivity (Wildman–Crippen MR) is 100 cm³/mol. The Labute approximate surface area is 154 Å². The number of rotatable bonds is 10. The van der Waals surface area contributed by atoms with Crippen LogP contribution in [0.3, 0.4) is 0 Å². The van der Waals surface area contributed by atoms with Gasteiger partial charge < -0.3 is 14.8 Å². The zero-order chi connectivity index (χ0) is 18.6. The third-order valence-corrected chi connectivity index (χ3v) is 3.76. The molecule has 0 aliphatic heterocycles. The van der Waals surface area contributed by atoms with E-state index in [1.807, 2.05) is 61.5 Å². The molecule has 0 aromatic heterocycles. The molecule has 2 aromatic carbocycles. The van der Waals surface area contributed by atoms with E-state index in [9.17, 15) is 9.59 Å². The molecule has 0 heterocycles. The van der Waals surface area contributed by atoms with Gasteiger partial charge in [0.1, 0.15) is 5.75 Å². The predicted octanol–water partition coefficient (Wildman–Crippen LogP) is 3.06. The Morgan fingerprint density at radius 1 is 1.00 bits per heavy atom. The normalized spacial score (nSPS) is 10.2. The Morgan fingerprint density at radius 2 is 1.73 bits per heavy atom. The first-order valence-corrected chi connectivity index (χ1v) is 8.79. The highest BCUT2D eigenvalue weighted by atomic mass is 16.5. The van der Waals surface area contributed by atoms with Crippen LogP contribution in [0.2, 0.25) is 0 Å². The number of amides is 1. The second kappa shape index (κ2) is 10.9. The number of carbonyl (C=O) groups is 2. The molecule has 0 saturated heterocycles. The zero-order valence-corrected chi connectivity index (χ0v) is 15.1. The molecule has 2 rings (SSSR count). The van der Waals surface area contributed by atoms with Crippen LogP contribution in [0.25, 0.3) is 0 Å². The van der Waals surface area contributed by atoms with Gasteiger partial charge in [0, 0.05) is 13.0 Å². The molecule has 138 valence electrons. The van der Waals surface area contributed by atoms with Crippen LogP contribution < -0.4 is 10.1 Å². The average molecular weight is 355 g/mol. The monoisotopic (exact) mass is 355 g/mol. The Balaban J connectivity index is 1.51. The fourth-order valence-electron chi connectivity index (χ4n) is 2.30. The molecule has 26 heavy (non-hydrogen) atoms. The smallest absolute Gasteiger partial charge is 0.306 e. The first kappa shape index (κ1) is 19.5. The van der Waals surface area contributed by atoms with E-state index in [0.29, 0.717) is 19.6 Å². The number of ether oxygens (including phenoxy) is 2. The summed E-state index contributed by atoms with van der Waals surface area (Å²) in [5, 5.41) is 2.74. The highest BCUT2D eigenvalue weighted by Crippen LogP contribution is 2.11. The minimum absolute atomic E-state index is 0.225. The summed E-state index contributed by atoms with van der Waals surface area (Å²) in [4.78, 5) is 23.3. The van der Waals surface area contributed by atoms with Crippen molar-refractivity contribution >= 4 is 11.9 Å². The second-order valence-corrected chi connectivity index (χ2v) is 6.01. The van der Waals surface area contributed by atoms with Crippen LogP contribution >= 0.6 is 0 Å². The summed E-state index contributed by atoms with van der Waals surface area (Å²) in [5.41, 5.74) is 2.32. The van der Waals surface area contributed by atoms with Gasteiger partial charge in [0.15, 0.2) is 6.61 Å². The third kappa shape index (κ3) is 7.83. The first-order chi connectivity index (χ1) is 12.6. The van der Waals surface area contributed by atoms with Crippen molar-refractivity contribution in [2.75, 3.05) is 19.8 Å². The van der Waals surface area contributed by atoms with Crippen molar-refractivity contribution in [3.05, 3.63) is 65.7 Å². The van der Waals surface area contributed by atoms with E-state index in [1.165, 1.54) is 5.56 Å². The van der Waals surface area contributed by atoms with Gasteiger partial charge in [-0.2, -0.15) is 0 Å². The number of nitrogens with one attached hydrogen (secondary N) is 1. The first-order valence-electron chi connectivity index (χ1n) is 8.79. The van der Waals surface area contributed by atoms with E-state index in [1.54, 1.807) is 0 Å². The lowest BCUT2D eigenvalue weighted by molar-refractivity contribution is -0.148. The van der Waals surface area contributed by atoms with Gasteiger partial charge in [0.25, 0.3) is 5.91 Å². The molecule has 1 amide bonds. The van der Waals surface area contributed by atoms with Crippen LogP contribution in [0.4, 0.5) is 0 Å². The molecule has 0 fully saturated rings. The Bertz CT molecular complexity index is 683. The van der Waals surface area contributed by atoms with Gasteiger partial charge >= 0.3 is 5.97 Å². The molecular formula is C21H25NO4. The Hall–Kier alpha value is -2.82. The molecular weight excluding hydrogens is 330 g/mol. The van der Waals surface area contributed by atoms with Crippen LogP contribution in [-0.4, -0.2) is 31.6 Å². The topological polar surface area (TPSA) is 64.6 Å². The van der Waals surface area contributed by atoms with Crippen molar-refractivity contribution in [3.8, 4) is 5.75 Å². The molecule has 0 spiro atoms. The van der Waals surface area contributed by atoms with Gasteiger partial charge in [-0.1, -0.05) is 48.0 Å². The summed E-state index contributed by atoms with van der Waals surface area (Å²) in [7, 11) is 0. The fraction of sp³-hybridized carbons (Fsp3) is 0.333. The van der Waals surface area contributed by atoms with Gasteiger partial charge in [-0.15, -0.1) is 0 Å². The summed E-state index contributed by atoms with van der Waals surface area (Å²) in [6, 6.07) is 17.6. The lowest BCUT2D eigenvalue weighted by Crippen LogP contribution is -2.30. The maximum absolute atomic E-state index is 11.7. The van der Waals surface area contributed by atoms with E-state index < -0.39 is 5.97 Å². The summed E-state index contributed by atoms with van der Waals surface area (Å²) in [6.45, 7) is 2.72. The van der Waals surface area contributed by atoms with E-state index in [4.69, 9.17) is 9.47 Å². The minimum Gasteiger partial charge on any atom is -0.494 e. The van der Waals surface area contributed by atoms with Gasteiger partial charge in [0.05, 0.1) is 6.61 Å². The number of hydrogen-bond acceptors (Lipinski definition) is 4. The minimum atomic E-state index is -0.393. The molecule has 0 unspecified atom stereocenters. The van der Waals surface area contributed by atoms with Gasteiger partial charge in [-0.25, -0.2) is 0 Å². The van der Waals surface area contributed by atoms with Crippen molar-refractivity contribution < 1.29 is 19.1 Å².